The molecule has 0 spiro atoms. The maximum Gasteiger partial charge on any atom is -0.0233 e. The number of hydrogen-bond acceptors (Lipinski definition) is 0. The van der Waals surface area contributed by atoms with Crippen molar-refractivity contribution >= 4 is 0 Å². The highest BCUT2D eigenvalue weighted by molar-refractivity contribution is 5.49. The lowest BCUT2D eigenvalue weighted by Crippen LogP contribution is -1.84. The molecular weight excluding hydrogens is 264 g/mol. The van der Waals surface area contributed by atoms with Gasteiger partial charge in [0.1, 0.15) is 0 Å². The average molecular weight is 303 g/mol. The molecule has 0 aromatic carbocycles. The molecule has 0 aromatic rings. The Balaban J connectivity index is -0.000000238. The summed E-state index contributed by atoms with van der Waals surface area (Å²) in [7, 11) is 0. The minimum Gasteiger partial charge on any atom is -0.0991 e. The molecule has 0 aliphatic heterocycles. The van der Waals surface area contributed by atoms with E-state index in [1.165, 1.54) is 0 Å². The van der Waals surface area contributed by atoms with Crippen molar-refractivity contribution in [2.24, 2.45) is 0 Å². The van der Waals surface area contributed by atoms with Crippen LogP contribution in [0.4, 0.5) is 0 Å². The SMILES string of the molecule is C=C/C=C\C=C(/C)C(=C)C(=C)/C=C\C=C/C.CC.CC.CC. The van der Waals surface area contributed by atoms with Gasteiger partial charge in [0.05, 0.1) is 0 Å². The van der Waals surface area contributed by atoms with Gasteiger partial charge in [0.25, 0.3) is 0 Å². The van der Waals surface area contributed by atoms with E-state index in [1.807, 2.05) is 97.9 Å². The van der Waals surface area contributed by atoms with Crippen molar-refractivity contribution in [2.45, 2.75) is 55.4 Å². The first-order valence-electron chi connectivity index (χ1n) is 8.27. The number of hydrogen-bond donors (Lipinski definition) is 0. The van der Waals surface area contributed by atoms with E-state index in [0.29, 0.717) is 0 Å². The fourth-order valence-electron chi connectivity index (χ4n) is 1.02. The zero-order valence-corrected chi connectivity index (χ0v) is 16.2. The monoisotopic (exact) mass is 302 g/mol. The minimum absolute atomic E-state index is 0.929. The van der Waals surface area contributed by atoms with Crippen LogP contribution < -0.4 is 0 Å². The molecule has 0 radical (unpaired) electrons. The minimum atomic E-state index is 0.929. The van der Waals surface area contributed by atoms with Crippen LogP contribution >= 0.6 is 0 Å². The Hall–Kier alpha value is -1.82. The summed E-state index contributed by atoms with van der Waals surface area (Å²) in [5.41, 5.74) is 2.99. The summed E-state index contributed by atoms with van der Waals surface area (Å²) in [6.45, 7) is 27.6. The Morgan fingerprint density at radius 1 is 0.773 bits per heavy atom. The van der Waals surface area contributed by atoms with Crippen molar-refractivity contribution < 1.29 is 0 Å². The van der Waals surface area contributed by atoms with E-state index in [-0.39, 0.29) is 0 Å². The van der Waals surface area contributed by atoms with Gasteiger partial charge >= 0.3 is 0 Å². The summed E-state index contributed by atoms with van der Waals surface area (Å²) >= 11 is 0. The Morgan fingerprint density at radius 3 is 1.68 bits per heavy atom. The fourth-order valence-corrected chi connectivity index (χ4v) is 1.02. The highest BCUT2D eigenvalue weighted by atomic mass is 14.0. The molecule has 0 fully saturated rings. The number of allylic oxidation sites excluding steroid dienone is 11. The number of rotatable bonds is 6. The molecule has 0 nitrogen and oxygen atoms in total. The van der Waals surface area contributed by atoms with Crippen LogP contribution in [0.15, 0.2) is 85.1 Å². The molecule has 0 saturated heterocycles. The third-order valence-electron chi connectivity index (χ3n) is 2.06. The quantitative estimate of drug-likeness (QED) is 0.436. The first-order valence-corrected chi connectivity index (χ1v) is 8.27. The van der Waals surface area contributed by atoms with Crippen molar-refractivity contribution in [2.75, 3.05) is 0 Å². The van der Waals surface area contributed by atoms with Crippen molar-refractivity contribution in [1.82, 2.24) is 0 Å². The molecule has 0 heteroatoms. The van der Waals surface area contributed by atoms with Gasteiger partial charge in [0.2, 0.25) is 0 Å². The van der Waals surface area contributed by atoms with Gasteiger partial charge in [-0.1, -0.05) is 110 Å². The van der Waals surface area contributed by atoms with E-state index in [2.05, 4.69) is 19.7 Å². The molecule has 22 heavy (non-hydrogen) atoms. The van der Waals surface area contributed by atoms with Crippen LogP contribution in [0.5, 0.6) is 0 Å². The normalized spacial score (nSPS) is 10.1. The molecule has 0 atom stereocenters. The maximum atomic E-state index is 4.01. The Bertz CT molecular complexity index is 371. The van der Waals surface area contributed by atoms with Crippen molar-refractivity contribution in [3.63, 3.8) is 0 Å². The molecule has 0 aliphatic rings. The van der Waals surface area contributed by atoms with Gasteiger partial charge in [0.15, 0.2) is 0 Å². The van der Waals surface area contributed by atoms with Crippen molar-refractivity contribution in [1.29, 1.82) is 0 Å². The van der Waals surface area contributed by atoms with Crippen LogP contribution in [-0.4, -0.2) is 0 Å². The molecule has 0 bridgehead atoms. The van der Waals surface area contributed by atoms with E-state index < -0.39 is 0 Å². The molecule has 0 aliphatic carbocycles. The second-order valence-corrected chi connectivity index (χ2v) is 3.36. The highest BCUT2D eigenvalue weighted by Crippen LogP contribution is 2.16. The summed E-state index contributed by atoms with van der Waals surface area (Å²) in [4.78, 5) is 0. The Kier molecular flexibility index (Phi) is 35.5. The molecule has 0 saturated carbocycles. The standard InChI is InChI=1S/C16H20.3C2H6/c1-6-8-10-12-14(3)16(5)15(4)13-11-9-7-2;3*1-2/h6-13H,1,4-5H2,2-3H3;3*1-2H3/b9-7-,10-8-,13-11-,14-12+;;;. The molecule has 126 valence electrons. The van der Waals surface area contributed by atoms with E-state index >= 15 is 0 Å². The smallest absolute Gasteiger partial charge is 0.0233 e. The summed E-state index contributed by atoms with van der Waals surface area (Å²) in [5.74, 6) is 0. The van der Waals surface area contributed by atoms with Gasteiger partial charge in [0, 0.05) is 0 Å². The topological polar surface area (TPSA) is 0 Å². The lowest BCUT2D eigenvalue weighted by Gasteiger charge is -2.04. The summed E-state index contributed by atoms with van der Waals surface area (Å²) in [6, 6.07) is 0. The van der Waals surface area contributed by atoms with E-state index in [4.69, 9.17) is 0 Å². The third kappa shape index (κ3) is 20.5. The summed E-state index contributed by atoms with van der Waals surface area (Å²) in [5, 5.41) is 0. The van der Waals surface area contributed by atoms with Gasteiger partial charge in [-0.2, -0.15) is 0 Å². The maximum absolute atomic E-state index is 4.01. The van der Waals surface area contributed by atoms with Gasteiger partial charge in [-0.25, -0.2) is 0 Å². The van der Waals surface area contributed by atoms with E-state index in [1.54, 1.807) is 6.08 Å². The zero-order valence-electron chi connectivity index (χ0n) is 16.2. The van der Waals surface area contributed by atoms with Crippen LogP contribution in [0.1, 0.15) is 55.4 Å². The van der Waals surface area contributed by atoms with Crippen molar-refractivity contribution in [3.8, 4) is 0 Å². The largest absolute Gasteiger partial charge is 0.0991 e. The van der Waals surface area contributed by atoms with Crippen LogP contribution in [0.25, 0.3) is 0 Å². The van der Waals surface area contributed by atoms with Gasteiger partial charge in [-0.15, -0.1) is 0 Å². The van der Waals surface area contributed by atoms with Crippen LogP contribution in [0.3, 0.4) is 0 Å². The first-order chi connectivity index (χ1) is 10.6. The fraction of sp³-hybridized carbons (Fsp3) is 0.364. The van der Waals surface area contributed by atoms with Gasteiger partial charge in [-0.05, 0) is 30.6 Å². The van der Waals surface area contributed by atoms with E-state index in [9.17, 15) is 0 Å². The average Bonchev–Trinajstić information content (AvgIpc) is 2.59. The second-order valence-electron chi connectivity index (χ2n) is 3.36. The molecule has 0 N–H and O–H groups in total. The molecule has 0 aromatic heterocycles. The molecule has 0 unspecified atom stereocenters. The molecule has 0 amide bonds. The third-order valence-corrected chi connectivity index (χ3v) is 2.06. The van der Waals surface area contributed by atoms with Crippen LogP contribution in [0.2, 0.25) is 0 Å². The highest BCUT2D eigenvalue weighted by Gasteiger charge is 1.97. The van der Waals surface area contributed by atoms with Crippen molar-refractivity contribution in [3.05, 3.63) is 85.1 Å². The molecular formula is C22H38. The summed E-state index contributed by atoms with van der Waals surface area (Å²) in [6.07, 6.45) is 15.4. The predicted molar refractivity (Wildman–Crippen MR) is 109 cm³/mol. The van der Waals surface area contributed by atoms with E-state index in [0.717, 1.165) is 16.7 Å². The Morgan fingerprint density at radius 2 is 1.27 bits per heavy atom. The lowest BCUT2D eigenvalue weighted by molar-refractivity contribution is 1.40. The summed E-state index contributed by atoms with van der Waals surface area (Å²) < 4.78 is 0. The van der Waals surface area contributed by atoms with Crippen LogP contribution in [0, 0.1) is 0 Å². The second kappa shape index (κ2) is 27.5. The molecule has 0 rings (SSSR count). The lowest BCUT2D eigenvalue weighted by atomic mass is 10.0. The van der Waals surface area contributed by atoms with Gasteiger partial charge in [-0.3, -0.25) is 0 Å². The predicted octanol–water partition coefficient (Wildman–Crippen LogP) is 8.00. The van der Waals surface area contributed by atoms with Gasteiger partial charge < -0.3 is 0 Å². The van der Waals surface area contributed by atoms with Crippen LogP contribution in [-0.2, 0) is 0 Å². The Labute approximate surface area is 141 Å². The molecule has 0 heterocycles. The first kappa shape index (κ1) is 28.4. The zero-order chi connectivity index (χ0) is 18.4.